The van der Waals surface area contributed by atoms with Gasteiger partial charge in [-0.1, -0.05) is 12.1 Å². The molecule has 0 amide bonds. The van der Waals surface area contributed by atoms with Gasteiger partial charge in [0.25, 0.3) is 0 Å². The fraction of sp³-hybridized carbons (Fsp3) is 0.286. The lowest BCUT2D eigenvalue weighted by atomic mass is 10.2. The quantitative estimate of drug-likeness (QED) is 0.939. The molecule has 0 radical (unpaired) electrons. The molecule has 1 aromatic heterocycles. The smallest absolute Gasteiger partial charge is 0.352 e. The topological polar surface area (TPSA) is 56.1 Å². The number of hydrogen-bond acceptors (Lipinski definition) is 4. The third kappa shape index (κ3) is 2.72. The predicted molar refractivity (Wildman–Crippen MR) is 72.3 cm³/mol. The Balaban J connectivity index is 1.81. The maximum Gasteiger partial charge on any atom is 0.352 e. The Morgan fingerprint density at radius 3 is 3.10 bits per heavy atom. The largest absolute Gasteiger partial charge is 0.472 e. The summed E-state index contributed by atoms with van der Waals surface area (Å²) in [6.45, 7) is 1.17. The highest BCUT2D eigenvalue weighted by Crippen LogP contribution is 2.18. The van der Waals surface area contributed by atoms with Crippen LogP contribution in [0.15, 0.2) is 29.1 Å². The Bertz CT molecular complexity index is 731. The Kier molecular flexibility index (Phi) is 3.55. The molecule has 2 heterocycles. The maximum atomic E-state index is 13.5. The highest BCUT2D eigenvalue weighted by Gasteiger charge is 2.13. The lowest BCUT2D eigenvalue weighted by Crippen LogP contribution is -2.30. The van der Waals surface area contributed by atoms with Gasteiger partial charge in [-0.15, -0.1) is 0 Å². The van der Waals surface area contributed by atoms with Gasteiger partial charge in [-0.25, -0.2) is 13.6 Å². The van der Waals surface area contributed by atoms with E-state index in [0.29, 0.717) is 12.4 Å². The minimum atomic E-state index is -0.953. The average molecular weight is 293 g/mol. The van der Waals surface area contributed by atoms with E-state index in [1.807, 2.05) is 0 Å². The van der Waals surface area contributed by atoms with Crippen molar-refractivity contribution in [1.82, 2.24) is 9.55 Å². The number of anilines is 1. The molecule has 0 spiro atoms. The first-order valence-corrected chi connectivity index (χ1v) is 6.56. The van der Waals surface area contributed by atoms with Crippen LogP contribution in [0.4, 0.5) is 14.6 Å². The standard InChI is InChI=1S/C14H13F2N3O2/c15-10-4-1-3-9(13(10)16)8-21-12-7-11-17-5-2-6-19(11)14(20)18-12/h1,3-4,7,17H,2,5-6,8H2. The molecule has 0 bridgehead atoms. The zero-order valence-electron chi connectivity index (χ0n) is 11.1. The molecule has 1 aliphatic rings. The van der Waals surface area contributed by atoms with E-state index in [9.17, 15) is 13.6 Å². The summed E-state index contributed by atoms with van der Waals surface area (Å²) in [4.78, 5) is 15.6. The maximum absolute atomic E-state index is 13.5. The number of halogens is 2. The highest BCUT2D eigenvalue weighted by molar-refractivity contribution is 5.40. The fourth-order valence-electron chi connectivity index (χ4n) is 2.19. The molecule has 1 aromatic carbocycles. The Labute approximate surface area is 119 Å². The lowest BCUT2D eigenvalue weighted by molar-refractivity contribution is 0.283. The van der Waals surface area contributed by atoms with Gasteiger partial charge in [0.15, 0.2) is 11.6 Å². The molecule has 2 aromatic rings. The normalized spacial score (nSPS) is 13.4. The van der Waals surface area contributed by atoms with Gasteiger partial charge in [0.05, 0.1) is 0 Å². The van der Waals surface area contributed by atoms with E-state index in [4.69, 9.17) is 4.74 Å². The Morgan fingerprint density at radius 1 is 1.38 bits per heavy atom. The van der Waals surface area contributed by atoms with Crippen molar-refractivity contribution in [1.29, 1.82) is 0 Å². The molecule has 7 heteroatoms. The van der Waals surface area contributed by atoms with Crippen LogP contribution in [0.2, 0.25) is 0 Å². The van der Waals surface area contributed by atoms with Crippen molar-refractivity contribution in [2.75, 3.05) is 11.9 Å². The van der Waals surface area contributed by atoms with Gasteiger partial charge in [0, 0.05) is 24.7 Å². The fourth-order valence-corrected chi connectivity index (χ4v) is 2.19. The van der Waals surface area contributed by atoms with Crippen LogP contribution in [0, 0.1) is 11.6 Å². The molecule has 0 saturated carbocycles. The summed E-state index contributed by atoms with van der Waals surface area (Å²) in [7, 11) is 0. The number of rotatable bonds is 3. The van der Waals surface area contributed by atoms with E-state index >= 15 is 0 Å². The third-order valence-electron chi connectivity index (χ3n) is 3.26. The van der Waals surface area contributed by atoms with Gasteiger partial charge in [-0.3, -0.25) is 4.57 Å². The molecule has 0 atom stereocenters. The van der Waals surface area contributed by atoms with Gasteiger partial charge in [-0.05, 0) is 12.5 Å². The molecular formula is C14H13F2N3O2. The SMILES string of the molecule is O=c1nc(OCc2cccc(F)c2F)cc2n1CCCN2. The van der Waals surface area contributed by atoms with E-state index in [2.05, 4.69) is 10.3 Å². The van der Waals surface area contributed by atoms with Crippen LogP contribution in [-0.4, -0.2) is 16.1 Å². The summed E-state index contributed by atoms with van der Waals surface area (Å²) in [5.74, 6) is -1.18. The lowest BCUT2D eigenvalue weighted by Gasteiger charge is -2.19. The molecule has 0 unspecified atom stereocenters. The van der Waals surface area contributed by atoms with E-state index < -0.39 is 17.3 Å². The van der Waals surface area contributed by atoms with Crippen LogP contribution in [0.1, 0.15) is 12.0 Å². The third-order valence-corrected chi connectivity index (χ3v) is 3.26. The van der Waals surface area contributed by atoms with E-state index in [1.54, 1.807) is 6.07 Å². The monoisotopic (exact) mass is 293 g/mol. The van der Waals surface area contributed by atoms with Crippen LogP contribution < -0.4 is 15.7 Å². The summed E-state index contributed by atoms with van der Waals surface area (Å²) in [5, 5.41) is 3.07. The predicted octanol–water partition coefficient (Wildman–Crippen LogP) is 1.92. The van der Waals surface area contributed by atoms with Crippen molar-refractivity contribution in [2.24, 2.45) is 0 Å². The van der Waals surface area contributed by atoms with Gasteiger partial charge < -0.3 is 10.1 Å². The summed E-state index contributed by atoms with van der Waals surface area (Å²) in [5.41, 5.74) is -0.350. The van der Waals surface area contributed by atoms with Crippen molar-refractivity contribution in [2.45, 2.75) is 19.6 Å². The van der Waals surface area contributed by atoms with E-state index in [-0.39, 0.29) is 18.1 Å². The number of nitrogens with one attached hydrogen (secondary N) is 1. The first-order chi connectivity index (χ1) is 10.1. The summed E-state index contributed by atoms with van der Waals surface area (Å²) >= 11 is 0. The zero-order valence-corrected chi connectivity index (χ0v) is 11.1. The molecule has 0 aliphatic carbocycles. The van der Waals surface area contributed by atoms with Gasteiger partial charge in [-0.2, -0.15) is 4.98 Å². The molecule has 1 aliphatic heterocycles. The van der Waals surface area contributed by atoms with Crippen molar-refractivity contribution >= 4 is 5.82 Å². The molecular weight excluding hydrogens is 280 g/mol. The van der Waals surface area contributed by atoms with Crippen LogP contribution >= 0.6 is 0 Å². The minimum absolute atomic E-state index is 0.0718. The number of benzene rings is 1. The van der Waals surface area contributed by atoms with Crippen LogP contribution in [-0.2, 0) is 13.2 Å². The highest BCUT2D eigenvalue weighted by atomic mass is 19.2. The zero-order chi connectivity index (χ0) is 14.8. The molecule has 3 rings (SSSR count). The van der Waals surface area contributed by atoms with Gasteiger partial charge in [0.1, 0.15) is 12.4 Å². The Hall–Kier alpha value is -2.44. The summed E-state index contributed by atoms with van der Waals surface area (Å²) in [6, 6.07) is 5.43. The van der Waals surface area contributed by atoms with Gasteiger partial charge >= 0.3 is 5.69 Å². The molecule has 5 nitrogen and oxygen atoms in total. The number of fused-ring (bicyclic) bond motifs is 1. The van der Waals surface area contributed by atoms with Gasteiger partial charge in [0.2, 0.25) is 5.88 Å². The van der Waals surface area contributed by atoms with Crippen LogP contribution in [0.3, 0.4) is 0 Å². The number of hydrogen-bond donors (Lipinski definition) is 1. The van der Waals surface area contributed by atoms with Crippen molar-refractivity contribution in [3.8, 4) is 5.88 Å². The first kappa shape index (κ1) is 13.5. The van der Waals surface area contributed by atoms with Crippen molar-refractivity contribution in [3.63, 3.8) is 0 Å². The van der Waals surface area contributed by atoms with E-state index in [0.717, 1.165) is 19.0 Å². The number of aromatic nitrogens is 2. The van der Waals surface area contributed by atoms with Crippen molar-refractivity contribution in [3.05, 3.63) is 51.9 Å². The molecule has 0 saturated heterocycles. The number of nitrogens with zero attached hydrogens (tertiary/aromatic N) is 2. The second kappa shape index (κ2) is 5.51. The summed E-state index contributed by atoms with van der Waals surface area (Å²) < 4.78 is 33.4. The van der Waals surface area contributed by atoms with Crippen molar-refractivity contribution < 1.29 is 13.5 Å². The molecule has 21 heavy (non-hydrogen) atoms. The first-order valence-electron chi connectivity index (χ1n) is 6.56. The van der Waals surface area contributed by atoms with Crippen LogP contribution in [0.25, 0.3) is 0 Å². The Morgan fingerprint density at radius 2 is 2.24 bits per heavy atom. The molecule has 0 fully saturated rings. The summed E-state index contributed by atoms with van der Waals surface area (Å²) in [6.07, 6.45) is 0.850. The molecule has 1 N–H and O–H groups in total. The second-order valence-electron chi connectivity index (χ2n) is 4.70. The molecule has 110 valence electrons. The average Bonchev–Trinajstić information content (AvgIpc) is 2.49. The second-order valence-corrected chi connectivity index (χ2v) is 4.70. The number of ether oxygens (including phenoxy) is 1. The van der Waals surface area contributed by atoms with Crippen LogP contribution in [0.5, 0.6) is 5.88 Å². The minimum Gasteiger partial charge on any atom is -0.472 e. The van der Waals surface area contributed by atoms with E-state index in [1.165, 1.54) is 16.7 Å².